The first-order valence-electron chi connectivity index (χ1n) is 4.61. The van der Waals surface area contributed by atoms with Gasteiger partial charge in [0.15, 0.2) is 0 Å². The molecule has 0 aliphatic heterocycles. The van der Waals surface area contributed by atoms with Gasteiger partial charge in [0.05, 0.1) is 12.0 Å². The molecule has 1 saturated carbocycles. The maximum Gasteiger partial charge on any atom is 0.0666 e. The molecule has 0 radical (unpaired) electrons. The predicted molar refractivity (Wildman–Crippen MR) is 48.4 cm³/mol. The van der Waals surface area contributed by atoms with Gasteiger partial charge in [0.1, 0.15) is 0 Å². The fourth-order valence-corrected chi connectivity index (χ4v) is 1.59. The van der Waals surface area contributed by atoms with E-state index < -0.39 is 0 Å². The van der Waals surface area contributed by atoms with E-state index in [1.807, 2.05) is 6.92 Å². The van der Waals surface area contributed by atoms with Crippen LogP contribution < -0.4 is 11.1 Å². The second-order valence-electron chi connectivity index (χ2n) is 3.71. The molecule has 12 heavy (non-hydrogen) atoms. The van der Waals surface area contributed by atoms with Gasteiger partial charge in [-0.1, -0.05) is 0 Å². The van der Waals surface area contributed by atoms with Crippen LogP contribution in [-0.4, -0.2) is 18.6 Å². The summed E-state index contributed by atoms with van der Waals surface area (Å²) in [6.45, 7) is 2.73. The van der Waals surface area contributed by atoms with Crippen LogP contribution in [0.25, 0.3) is 0 Å². The molecule has 0 aromatic rings. The highest BCUT2D eigenvalue weighted by Crippen LogP contribution is 2.16. The Morgan fingerprint density at radius 2 is 2.42 bits per heavy atom. The highest BCUT2D eigenvalue weighted by molar-refractivity contribution is 4.86. The van der Waals surface area contributed by atoms with Gasteiger partial charge in [0.2, 0.25) is 0 Å². The van der Waals surface area contributed by atoms with Gasteiger partial charge < -0.3 is 11.1 Å². The van der Waals surface area contributed by atoms with Crippen LogP contribution in [0.2, 0.25) is 0 Å². The number of nitrogens with zero attached hydrogens (tertiary/aromatic N) is 1. The molecular weight excluding hydrogens is 150 g/mol. The van der Waals surface area contributed by atoms with E-state index in [1.165, 1.54) is 6.42 Å². The van der Waals surface area contributed by atoms with E-state index >= 15 is 0 Å². The molecule has 0 aromatic heterocycles. The zero-order valence-electron chi connectivity index (χ0n) is 7.59. The lowest BCUT2D eigenvalue weighted by Gasteiger charge is -2.12. The molecule has 0 heterocycles. The molecule has 0 saturated heterocycles. The van der Waals surface area contributed by atoms with Gasteiger partial charge in [-0.05, 0) is 26.2 Å². The fourth-order valence-electron chi connectivity index (χ4n) is 1.59. The van der Waals surface area contributed by atoms with Crippen molar-refractivity contribution in [3.63, 3.8) is 0 Å². The van der Waals surface area contributed by atoms with Gasteiger partial charge in [-0.2, -0.15) is 5.26 Å². The normalized spacial score (nSPS) is 31.4. The number of hydrogen-bond donors (Lipinski definition) is 2. The van der Waals surface area contributed by atoms with E-state index in [2.05, 4.69) is 11.4 Å². The second kappa shape index (κ2) is 4.44. The highest BCUT2D eigenvalue weighted by atomic mass is 14.9. The van der Waals surface area contributed by atoms with Crippen molar-refractivity contribution >= 4 is 0 Å². The quantitative estimate of drug-likeness (QED) is 0.647. The number of rotatable bonds is 3. The van der Waals surface area contributed by atoms with E-state index in [4.69, 9.17) is 11.0 Å². The Hall–Kier alpha value is -0.590. The Labute approximate surface area is 73.9 Å². The van der Waals surface area contributed by atoms with Crippen LogP contribution in [0, 0.1) is 17.2 Å². The average molecular weight is 167 g/mol. The lowest BCUT2D eigenvalue weighted by atomic mass is 10.2. The molecule has 0 amide bonds. The summed E-state index contributed by atoms with van der Waals surface area (Å²) in [5.74, 6) is 0.113. The van der Waals surface area contributed by atoms with Crippen molar-refractivity contribution in [3.05, 3.63) is 0 Å². The minimum absolute atomic E-state index is 0.113. The fraction of sp³-hybridized carbons (Fsp3) is 0.889. The van der Waals surface area contributed by atoms with Crippen molar-refractivity contribution in [3.8, 4) is 6.07 Å². The zero-order valence-corrected chi connectivity index (χ0v) is 7.59. The Morgan fingerprint density at radius 1 is 1.67 bits per heavy atom. The van der Waals surface area contributed by atoms with Crippen LogP contribution in [0.1, 0.15) is 26.2 Å². The molecule has 3 heteroatoms. The topological polar surface area (TPSA) is 61.8 Å². The molecule has 3 atom stereocenters. The SMILES string of the molecule is CC(C#N)CNC1CCC(N)C1. The Bertz CT molecular complexity index is 173. The summed E-state index contributed by atoms with van der Waals surface area (Å²) < 4.78 is 0. The van der Waals surface area contributed by atoms with Crippen LogP contribution in [0.3, 0.4) is 0 Å². The van der Waals surface area contributed by atoms with Crippen molar-refractivity contribution in [2.75, 3.05) is 6.54 Å². The van der Waals surface area contributed by atoms with E-state index in [0.29, 0.717) is 12.1 Å². The summed E-state index contributed by atoms with van der Waals surface area (Å²) in [6.07, 6.45) is 3.36. The molecule has 1 aliphatic rings. The number of nitriles is 1. The molecular formula is C9H17N3. The molecule has 0 bridgehead atoms. The predicted octanol–water partition coefficient (Wildman–Crippen LogP) is 0.615. The van der Waals surface area contributed by atoms with Gasteiger partial charge in [-0.25, -0.2) is 0 Å². The van der Waals surface area contributed by atoms with Crippen molar-refractivity contribution in [1.82, 2.24) is 5.32 Å². The highest BCUT2D eigenvalue weighted by Gasteiger charge is 2.21. The van der Waals surface area contributed by atoms with Crippen LogP contribution in [-0.2, 0) is 0 Å². The van der Waals surface area contributed by atoms with Gasteiger partial charge >= 0.3 is 0 Å². The summed E-state index contributed by atoms with van der Waals surface area (Å²) in [7, 11) is 0. The standard InChI is InChI=1S/C9H17N3/c1-7(5-10)6-12-9-3-2-8(11)4-9/h7-9,12H,2-4,6,11H2,1H3. The van der Waals surface area contributed by atoms with Gasteiger partial charge in [-0.15, -0.1) is 0 Å². The molecule has 1 aliphatic carbocycles. The van der Waals surface area contributed by atoms with Crippen LogP contribution >= 0.6 is 0 Å². The Balaban J connectivity index is 2.12. The lowest BCUT2D eigenvalue weighted by molar-refractivity contribution is 0.487. The third-order valence-electron chi connectivity index (χ3n) is 2.41. The minimum Gasteiger partial charge on any atom is -0.328 e. The van der Waals surface area contributed by atoms with Crippen LogP contribution in [0.4, 0.5) is 0 Å². The zero-order chi connectivity index (χ0) is 8.97. The van der Waals surface area contributed by atoms with E-state index in [9.17, 15) is 0 Å². The summed E-state index contributed by atoms with van der Waals surface area (Å²) in [5.41, 5.74) is 5.76. The molecule has 3 nitrogen and oxygen atoms in total. The Morgan fingerprint density at radius 3 is 2.92 bits per heavy atom. The summed E-state index contributed by atoms with van der Waals surface area (Å²) in [5, 5.41) is 11.9. The largest absolute Gasteiger partial charge is 0.328 e. The molecule has 0 aromatic carbocycles. The second-order valence-corrected chi connectivity index (χ2v) is 3.71. The van der Waals surface area contributed by atoms with Crippen LogP contribution in [0.15, 0.2) is 0 Å². The first kappa shape index (κ1) is 9.50. The lowest BCUT2D eigenvalue weighted by Crippen LogP contribution is -2.31. The van der Waals surface area contributed by atoms with Crippen LogP contribution in [0.5, 0.6) is 0 Å². The van der Waals surface area contributed by atoms with Gasteiger partial charge in [-0.3, -0.25) is 0 Å². The maximum absolute atomic E-state index is 8.55. The van der Waals surface area contributed by atoms with Gasteiger partial charge in [0.25, 0.3) is 0 Å². The first-order valence-corrected chi connectivity index (χ1v) is 4.61. The number of nitrogens with one attached hydrogen (secondary N) is 1. The average Bonchev–Trinajstić information content (AvgIpc) is 2.47. The van der Waals surface area contributed by atoms with Gasteiger partial charge in [0, 0.05) is 18.6 Å². The smallest absolute Gasteiger partial charge is 0.0666 e. The van der Waals surface area contributed by atoms with Crippen molar-refractivity contribution in [2.45, 2.75) is 38.3 Å². The summed E-state index contributed by atoms with van der Waals surface area (Å²) in [6, 6.07) is 3.13. The molecule has 68 valence electrons. The third-order valence-corrected chi connectivity index (χ3v) is 2.41. The maximum atomic E-state index is 8.55. The van der Waals surface area contributed by atoms with Crippen molar-refractivity contribution in [2.24, 2.45) is 11.7 Å². The first-order chi connectivity index (χ1) is 5.72. The molecule has 1 fully saturated rings. The molecule has 3 unspecified atom stereocenters. The molecule has 1 rings (SSSR count). The van der Waals surface area contributed by atoms with E-state index in [1.54, 1.807) is 0 Å². The number of hydrogen-bond acceptors (Lipinski definition) is 3. The van der Waals surface area contributed by atoms with E-state index in [-0.39, 0.29) is 5.92 Å². The number of nitrogens with two attached hydrogens (primary N) is 1. The monoisotopic (exact) mass is 167 g/mol. The summed E-state index contributed by atoms with van der Waals surface area (Å²) >= 11 is 0. The molecule has 3 N–H and O–H groups in total. The Kier molecular flexibility index (Phi) is 3.51. The van der Waals surface area contributed by atoms with Crippen molar-refractivity contribution < 1.29 is 0 Å². The summed E-state index contributed by atoms with van der Waals surface area (Å²) in [4.78, 5) is 0. The third kappa shape index (κ3) is 2.80. The van der Waals surface area contributed by atoms with E-state index in [0.717, 1.165) is 19.4 Å². The minimum atomic E-state index is 0.113. The molecule has 0 spiro atoms. The van der Waals surface area contributed by atoms with Crippen molar-refractivity contribution in [1.29, 1.82) is 5.26 Å².